The molecule has 0 aliphatic carbocycles. The van der Waals surface area contributed by atoms with Crippen LogP contribution in [-0.2, 0) is 6.54 Å². The van der Waals surface area contributed by atoms with Crippen LogP contribution in [0.25, 0.3) is 0 Å². The van der Waals surface area contributed by atoms with Gasteiger partial charge in [0.05, 0.1) is 5.69 Å². The number of pyridine rings is 1. The van der Waals surface area contributed by atoms with Crippen molar-refractivity contribution < 1.29 is 0 Å². The van der Waals surface area contributed by atoms with Crippen molar-refractivity contribution in [2.45, 2.75) is 20.1 Å². The zero-order valence-electron chi connectivity index (χ0n) is 8.58. The number of thioether (sulfide) groups is 1. The molecule has 0 aromatic carbocycles. The minimum absolute atomic E-state index is 0.473. The molecule has 0 saturated carbocycles. The molecule has 16 heavy (non-hydrogen) atoms. The first-order valence-corrected chi connectivity index (χ1v) is 7.38. The topological polar surface area (TPSA) is 64.7 Å². The zero-order chi connectivity index (χ0) is 11.4. The van der Waals surface area contributed by atoms with E-state index in [1.807, 2.05) is 24.6 Å². The van der Waals surface area contributed by atoms with Gasteiger partial charge in [0.1, 0.15) is 0 Å². The first-order valence-electron chi connectivity index (χ1n) is 4.52. The van der Waals surface area contributed by atoms with Crippen molar-refractivity contribution in [3.63, 3.8) is 0 Å². The molecule has 0 atom stereocenters. The lowest BCUT2D eigenvalue weighted by Gasteiger charge is -1.98. The summed E-state index contributed by atoms with van der Waals surface area (Å²) in [6.07, 6.45) is 3.81. The number of nitrogens with two attached hydrogens (primary N) is 1. The van der Waals surface area contributed by atoms with Crippen LogP contribution in [0.4, 0.5) is 0 Å². The first-order chi connectivity index (χ1) is 7.81. The number of rotatable bonds is 4. The second kappa shape index (κ2) is 5.62. The Labute approximate surface area is 106 Å². The van der Waals surface area contributed by atoms with E-state index in [1.54, 1.807) is 34.9 Å². The van der Waals surface area contributed by atoms with E-state index >= 15 is 0 Å². The van der Waals surface area contributed by atoms with Crippen molar-refractivity contribution in [1.29, 1.82) is 0 Å². The summed E-state index contributed by atoms with van der Waals surface area (Å²) in [4.78, 5) is 5.28. The predicted octanol–water partition coefficient (Wildman–Crippen LogP) is 2.26. The van der Waals surface area contributed by atoms with Crippen molar-refractivity contribution >= 4 is 34.9 Å². The van der Waals surface area contributed by atoms with Crippen LogP contribution >= 0.6 is 34.9 Å². The Morgan fingerprint density at radius 2 is 2.12 bits per heavy atom. The van der Waals surface area contributed by atoms with E-state index in [4.69, 9.17) is 5.73 Å². The minimum atomic E-state index is 0.473. The third kappa shape index (κ3) is 2.94. The fourth-order valence-corrected chi connectivity index (χ4v) is 3.39. The highest BCUT2D eigenvalue weighted by Crippen LogP contribution is 2.32. The number of nitrogens with zero attached hydrogens (tertiary/aromatic N) is 3. The SMILES string of the molecule is CSc1nnc(Sc2ccc(CN)nc2)s1. The predicted molar refractivity (Wildman–Crippen MR) is 67.9 cm³/mol. The molecule has 4 nitrogen and oxygen atoms in total. The number of hydrogen-bond acceptors (Lipinski definition) is 7. The summed E-state index contributed by atoms with van der Waals surface area (Å²) < 4.78 is 1.92. The Morgan fingerprint density at radius 3 is 2.69 bits per heavy atom. The van der Waals surface area contributed by atoms with E-state index in [1.165, 1.54) is 0 Å². The summed E-state index contributed by atoms with van der Waals surface area (Å²) in [5.41, 5.74) is 6.38. The standard InChI is InChI=1S/C9H10N4S3/c1-14-8-12-13-9(16-8)15-7-3-2-6(4-10)11-5-7/h2-3,5H,4,10H2,1H3. The van der Waals surface area contributed by atoms with E-state index in [9.17, 15) is 0 Å². The van der Waals surface area contributed by atoms with E-state index in [-0.39, 0.29) is 0 Å². The molecule has 84 valence electrons. The summed E-state index contributed by atoms with van der Waals surface area (Å²) in [5.74, 6) is 0. The molecule has 0 amide bonds. The monoisotopic (exact) mass is 270 g/mol. The van der Waals surface area contributed by atoms with Gasteiger partial charge in [0.15, 0.2) is 8.68 Å². The molecule has 0 saturated heterocycles. The second-order valence-electron chi connectivity index (χ2n) is 2.83. The Morgan fingerprint density at radius 1 is 1.31 bits per heavy atom. The van der Waals surface area contributed by atoms with E-state index in [2.05, 4.69) is 15.2 Å². The third-order valence-corrected chi connectivity index (χ3v) is 4.70. The molecule has 0 fully saturated rings. The molecule has 0 aliphatic heterocycles. The number of hydrogen-bond donors (Lipinski definition) is 1. The molecule has 0 radical (unpaired) electrons. The van der Waals surface area contributed by atoms with E-state index in [0.29, 0.717) is 6.54 Å². The van der Waals surface area contributed by atoms with Crippen LogP contribution in [0.15, 0.2) is 31.9 Å². The molecule has 2 aromatic heterocycles. The van der Waals surface area contributed by atoms with Crippen LogP contribution in [-0.4, -0.2) is 21.4 Å². The lowest BCUT2D eigenvalue weighted by Crippen LogP contribution is -1.98. The normalized spacial score (nSPS) is 10.6. The van der Waals surface area contributed by atoms with Gasteiger partial charge in [-0.15, -0.1) is 10.2 Å². The highest BCUT2D eigenvalue weighted by Gasteiger charge is 2.05. The van der Waals surface area contributed by atoms with Gasteiger partial charge in [-0.1, -0.05) is 34.9 Å². The molecule has 2 heterocycles. The molecule has 7 heteroatoms. The van der Waals surface area contributed by atoms with E-state index in [0.717, 1.165) is 19.3 Å². The Bertz CT molecular complexity index is 454. The number of aromatic nitrogens is 3. The molecule has 2 aromatic rings. The minimum Gasteiger partial charge on any atom is -0.325 e. The molecular weight excluding hydrogens is 260 g/mol. The smallest absolute Gasteiger partial charge is 0.179 e. The van der Waals surface area contributed by atoms with Crippen LogP contribution in [0.5, 0.6) is 0 Å². The quantitative estimate of drug-likeness (QED) is 0.860. The first kappa shape index (κ1) is 11.8. The lowest BCUT2D eigenvalue weighted by molar-refractivity contribution is 0.953. The molecule has 0 aliphatic rings. The lowest BCUT2D eigenvalue weighted by atomic mass is 10.4. The van der Waals surface area contributed by atoms with Crippen LogP contribution in [0.3, 0.4) is 0 Å². The van der Waals surface area contributed by atoms with Gasteiger partial charge < -0.3 is 5.73 Å². The largest absolute Gasteiger partial charge is 0.325 e. The maximum atomic E-state index is 5.48. The van der Waals surface area contributed by atoms with Crippen molar-refractivity contribution in [1.82, 2.24) is 15.2 Å². The molecule has 0 spiro atoms. The summed E-state index contributed by atoms with van der Waals surface area (Å²) >= 11 is 4.77. The molecule has 0 unspecified atom stereocenters. The van der Waals surface area contributed by atoms with Crippen molar-refractivity contribution in [2.75, 3.05) is 6.26 Å². The highest BCUT2D eigenvalue weighted by atomic mass is 32.2. The fraction of sp³-hybridized carbons (Fsp3) is 0.222. The van der Waals surface area contributed by atoms with Crippen molar-refractivity contribution in [2.24, 2.45) is 5.73 Å². The van der Waals surface area contributed by atoms with Crippen LogP contribution < -0.4 is 5.73 Å². The van der Waals surface area contributed by atoms with Crippen molar-refractivity contribution in [3.8, 4) is 0 Å². The maximum Gasteiger partial charge on any atom is 0.179 e. The van der Waals surface area contributed by atoms with Gasteiger partial charge in [0, 0.05) is 17.6 Å². The summed E-state index contributed by atoms with van der Waals surface area (Å²) in [5, 5.41) is 8.12. The Hall–Kier alpha value is -0.630. The Kier molecular flexibility index (Phi) is 4.16. The molecule has 0 bridgehead atoms. The Balaban J connectivity index is 2.08. The third-order valence-electron chi connectivity index (χ3n) is 1.77. The van der Waals surface area contributed by atoms with Gasteiger partial charge in [0.25, 0.3) is 0 Å². The van der Waals surface area contributed by atoms with Crippen LogP contribution in [0.1, 0.15) is 5.69 Å². The average Bonchev–Trinajstić information content (AvgIpc) is 2.78. The summed E-state index contributed by atoms with van der Waals surface area (Å²) in [6, 6.07) is 3.93. The zero-order valence-corrected chi connectivity index (χ0v) is 11.0. The fourth-order valence-electron chi connectivity index (χ4n) is 1.01. The summed E-state index contributed by atoms with van der Waals surface area (Å²) in [6.45, 7) is 0.473. The van der Waals surface area contributed by atoms with Crippen molar-refractivity contribution in [3.05, 3.63) is 24.0 Å². The van der Waals surface area contributed by atoms with Crippen LogP contribution in [0, 0.1) is 0 Å². The summed E-state index contributed by atoms with van der Waals surface area (Å²) in [7, 11) is 0. The molecular formula is C9H10N4S3. The van der Waals surface area contributed by atoms with Gasteiger partial charge in [-0.05, 0) is 18.4 Å². The van der Waals surface area contributed by atoms with E-state index < -0.39 is 0 Å². The van der Waals surface area contributed by atoms with Crippen LogP contribution in [0.2, 0.25) is 0 Å². The molecule has 2 rings (SSSR count). The average molecular weight is 270 g/mol. The van der Waals surface area contributed by atoms with Gasteiger partial charge in [-0.3, -0.25) is 4.98 Å². The van der Waals surface area contributed by atoms with Gasteiger partial charge in [0.2, 0.25) is 0 Å². The second-order valence-corrected chi connectivity index (χ2v) is 6.18. The van der Waals surface area contributed by atoms with Gasteiger partial charge in [-0.25, -0.2) is 0 Å². The highest BCUT2D eigenvalue weighted by molar-refractivity contribution is 8.03. The van der Waals surface area contributed by atoms with Gasteiger partial charge >= 0.3 is 0 Å². The maximum absolute atomic E-state index is 5.48. The van der Waals surface area contributed by atoms with Gasteiger partial charge in [-0.2, -0.15) is 0 Å². The molecule has 2 N–H and O–H groups in total.